The van der Waals surface area contributed by atoms with Gasteiger partial charge >= 0.3 is 0 Å². The molecule has 9 nitrogen and oxygen atoms in total. The van der Waals surface area contributed by atoms with Crippen LogP contribution in [0.5, 0.6) is 5.75 Å². The first kappa shape index (κ1) is 28.8. The van der Waals surface area contributed by atoms with Crippen LogP contribution in [0.2, 0.25) is 0 Å². The fourth-order valence-electron chi connectivity index (χ4n) is 5.24. The number of methoxy groups -OCH3 is 1. The second-order valence-corrected chi connectivity index (χ2v) is 11.9. The number of nitrogens with two attached hydrogens (primary N) is 1. The molecule has 2 aromatic carbocycles. The molecule has 10 heteroatoms. The predicted octanol–water partition coefficient (Wildman–Crippen LogP) is 5.22. The first-order valence-corrected chi connectivity index (χ1v) is 14.7. The Hall–Kier alpha value is -4.70. The molecule has 0 bridgehead atoms. The number of amides is 1. The number of ether oxygens (including phenoxy) is 1. The number of nitrogen functional groups attached to an aromatic ring is 1. The van der Waals surface area contributed by atoms with Crippen molar-refractivity contribution in [3.63, 3.8) is 0 Å². The second-order valence-electron chi connectivity index (χ2n) is 10.2. The van der Waals surface area contributed by atoms with Crippen molar-refractivity contribution in [1.82, 2.24) is 14.3 Å². The summed E-state index contributed by atoms with van der Waals surface area (Å²) in [6.07, 6.45) is 9.15. The Morgan fingerprint density at radius 3 is 2.55 bits per heavy atom. The first-order valence-electron chi connectivity index (χ1n) is 13.2. The quantitative estimate of drug-likeness (QED) is 0.290. The molecule has 0 unspecified atom stereocenters. The molecule has 2 aliphatic carbocycles. The Morgan fingerprint density at radius 1 is 1.12 bits per heavy atom. The lowest BCUT2D eigenvalue weighted by Gasteiger charge is -2.15. The van der Waals surface area contributed by atoms with Crippen molar-refractivity contribution in [2.45, 2.75) is 44.0 Å². The Kier molecular flexibility index (Phi) is 7.74. The van der Waals surface area contributed by atoms with E-state index < -0.39 is 15.9 Å². The third-order valence-corrected chi connectivity index (χ3v) is 8.75. The van der Waals surface area contributed by atoms with Crippen LogP contribution in [0.4, 0.5) is 5.82 Å². The van der Waals surface area contributed by atoms with Gasteiger partial charge in [0.2, 0.25) is 0 Å². The van der Waals surface area contributed by atoms with E-state index >= 15 is 0 Å². The maximum absolute atomic E-state index is 14.1. The van der Waals surface area contributed by atoms with E-state index in [1.165, 1.54) is 31.4 Å². The van der Waals surface area contributed by atoms with E-state index in [9.17, 15) is 18.0 Å². The topological polar surface area (TPSA) is 133 Å². The summed E-state index contributed by atoms with van der Waals surface area (Å²) in [6.45, 7) is 0.203. The maximum atomic E-state index is 14.1. The lowest BCUT2D eigenvalue weighted by atomic mass is 9.92. The molecule has 0 radical (unpaired) electrons. The van der Waals surface area contributed by atoms with Crippen molar-refractivity contribution in [2.24, 2.45) is 0 Å². The number of fused-ring (bicyclic) bond motifs is 1. The van der Waals surface area contributed by atoms with Gasteiger partial charge in [0.25, 0.3) is 15.9 Å². The summed E-state index contributed by atoms with van der Waals surface area (Å²) in [5, 5.41) is 0.721. The number of anilines is 1. The standard InChI is InChI=1S/C31H28N4O5S.CH4/c1-40-22-9-11-23(12-10-22)41(38,39)34-31(37)30-29(24-4-2-3-5-27(24)36)25-17-21(20-6-7-20)8-13-26(25)35(30)18-19-14-15-33-28(32)16-19;/h2-4,8-17,20H,5-7,18H2,1H3,(H2,32,33)(H,34,37);1H4. The lowest BCUT2D eigenvalue weighted by Crippen LogP contribution is -2.33. The number of hydrogen-bond donors (Lipinski definition) is 2. The van der Waals surface area contributed by atoms with Crippen LogP contribution in [0.25, 0.3) is 16.5 Å². The highest BCUT2D eigenvalue weighted by molar-refractivity contribution is 7.90. The van der Waals surface area contributed by atoms with Gasteiger partial charge in [-0.25, -0.2) is 18.1 Å². The van der Waals surface area contributed by atoms with E-state index in [2.05, 4.69) is 9.71 Å². The van der Waals surface area contributed by atoms with E-state index in [0.717, 1.165) is 29.4 Å². The summed E-state index contributed by atoms with van der Waals surface area (Å²) >= 11 is 0. The van der Waals surface area contributed by atoms with E-state index in [1.54, 1.807) is 41.1 Å². The SMILES string of the molecule is C.COc1ccc(S(=O)(=O)NC(=O)c2c(C3=CC=CCC3=O)c3cc(C4CC4)ccc3n2Cc2ccnc(N)c2)cc1. The minimum absolute atomic E-state index is 0. The number of nitrogens with one attached hydrogen (secondary N) is 1. The fourth-order valence-corrected chi connectivity index (χ4v) is 6.19. The van der Waals surface area contributed by atoms with Crippen molar-refractivity contribution < 1.29 is 22.7 Å². The number of benzene rings is 2. The number of aromatic nitrogens is 2. The highest BCUT2D eigenvalue weighted by Crippen LogP contribution is 2.43. The number of carbonyl (C=O) groups excluding carboxylic acids is 2. The van der Waals surface area contributed by atoms with Gasteiger partial charge in [-0.2, -0.15) is 0 Å². The molecule has 1 fully saturated rings. The Labute approximate surface area is 244 Å². The molecule has 4 aromatic rings. The van der Waals surface area contributed by atoms with Gasteiger partial charge in [0.15, 0.2) is 5.78 Å². The molecule has 2 aromatic heterocycles. The molecule has 2 aliphatic rings. The van der Waals surface area contributed by atoms with E-state index in [-0.39, 0.29) is 36.8 Å². The van der Waals surface area contributed by atoms with Crippen LogP contribution in [-0.2, 0) is 21.4 Å². The first-order chi connectivity index (χ1) is 19.7. The van der Waals surface area contributed by atoms with Crippen LogP contribution in [0.15, 0.2) is 83.9 Å². The number of allylic oxidation sites excluding steroid dienone is 4. The summed E-state index contributed by atoms with van der Waals surface area (Å²) in [5.74, 6) is 0.239. The van der Waals surface area contributed by atoms with Crippen LogP contribution in [0.1, 0.15) is 59.8 Å². The minimum atomic E-state index is -4.26. The zero-order valence-corrected chi connectivity index (χ0v) is 23.1. The normalized spacial score (nSPS) is 14.8. The number of Topliss-reactive ketones (excluding diaryl/α,β-unsaturated/α-hetero) is 1. The highest BCUT2D eigenvalue weighted by Gasteiger charge is 2.32. The smallest absolute Gasteiger partial charge is 0.282 e. The zero-order chi connectivity index (χ0) is 28.7. The van der Waals surface area contributed by atoms with E-state index in [0.29, 0.717) is 34.1 Å². The molecule has 2 heterocycles. The van der Waals surface area contributed by atoms with Gasteiger partial charge in [-0.05, 0) is 78.4 Å². The number of sulfonamides is 1. The monoisotopic (exact) mass is 584 g/mol. The number of ketones is 1. The van der Waals surface area contributed by atoms with Gasteiger partial charge in [-0.3, -0.25) is 9.59 Å². The molecule has 1 saturated carbocycles. The third kappa shape index (κ3) is 5.45. The molecular formula is C32H32N4O5S. The molecular weight excluding hydrogens is 552 g/mol. The van der Waals surface area contributed by atoms with Gasteiger partial charge in [-0.1, -0.05) is 31.7 Å². The van der Waals surface area contributed by atoms with Crippen molar-refractivity contribution in [2.75, 3.05) is 12.8 Å². The summed E-state index contributed by atoms with van der Waals surface area (Å²) in [6, 6.07) is 15.2. The minimum Gasteiger partial charge on any atom is -0.497 e. The Bertz CT molecular complexity index is 1870. The number of hydrogen-bond acceptors (Lipinski definition) is 7. The Balaban J connectivity index is 0.00000353. The molecule has 0 saturated heterocycles. The van der Waals surface area contributed by atoms with Gasteiger partial charge in [0.05, 0.1) is 12.0 Å². The fraction of sp³-hybridized carbons (Fsp3) is 0.219. The van der Waals surface area contributed by atoms with Crippen molar-refractivity contribution in [3.8, 4) is 5.75 Å². The summed E-state index contributed by atoms with van der Waals surface area (Å²) in [7, 11) is -2.78. The van der Waals surface area contributed by atoms with Crippen LogP contribution in [0, 0.1) is 0 Å². The predicted molar refractivity (Wildman–Crippen MR) is 163 cm³/mol. The Morgan fingerprint density at radius 2 is 1.88 bits per heavy atom. The lowest BCUT2D eigenvalue weighted by molar-refractivity contribution is -0.113. The number of pyridine rings is 1. The molecule has 216 valence electrons. The molecule has 6 rings (SSSR count). The zero-order valence-electron chi connectivity index (χ0n) is 22.3. The second kappa shape index (κ2) is 11.3. The largest absolute Gasteiger partial charge is 0.497 e. The molecule has 42 heavy (non-hydrogen) atoms. The molecule has 0 spiro atoms. The molecule has 0 atom stereocenters. The highest BCUT2D eigenvalue weighted by atomic mass is 32.2. The van der Waals surface area contributed by atoms with Crippen LogP contribution in [0.3, 0.4) is 0 Å². The van der Waals surface area contributed by atoms with E-state index in [1.807, 2.05) is 18.2 Å². The van der Waals surface area contributed by atoms with Crippen LogP contribution >= 0.6 is 0 Å². The molecule has 1 amide bonds. The van der Waals surface area contributed by atoms with Gasteiger partial charge < -0.3 is 15.0 Å². The number of nitrogens with zero attached hydrogens (tertiary/aromatic N) is 2. The number of rotatable bonds is 8. The van der Waals surface area contributed by atoms with Gasteiger partial charge in [0, 0.05) is 41.2 Å². The maximum Gasteiger partial charge on any atom is 0.282 e. The summed E-state index contributed by atoms with van der Waals surface area (Å²) < 4.78 is 35.8. The van der Waals surface area contributed by atoms with Crippen molar-refractivity contribution >= 4 is 44.0 Å². The van der Waals surface area contributed by atoms with Crippen LogP contribution < -0.4 is 15.2 Å². The third-order valence-electron chi connectivity index (χ3n) is 7.41. The molecule has 0 aliphatic heterocycles. The van der Waals surface area contributed by atoms with E-state index in [4.69, 9.17) is 10.5 Å². The molecule has 3 N–H and O–H groups in total. The van der Waals surface area contributed by atoms with Crippen molar-refractivity contribution in [3.05, 3.63) is 101 Å². The van der Waals surface area contributed by atoms with Gasteiger partial charge in [0.1, 0.15) is 17.3 Å². The number of carbonyl (C=O) groups is 2. The average Bonchev–Trinajstić information content (AvgIpc) is 3.76. The van der Waals surface area contributed by atoms with Gasteiger partial charge in [-0.15, -0.1) is 0 Å². The van der Waals surface area contributed by atoms with Crippen LogP contribution in [-0.4, -0.2) is 36.8 Å². The summed E-state index contributed by atoms with van der Waals surface area (Å²) in [5.41, 5.74) is 9.40. The summed E-state index contributed by atoms with van der Waals surface area (Å²) in [4.78, 5) is 31.3. The average molecular weight is 585 g/mol. The van der Waals surface area contributed by atoms with Crippen molar-refractivity contribution in [1.29, 1.82) is 0 Å².